The second-order valence-corrected chi connectivity index (χ2v) is 8.09. The summed E-state index contributed by atoms with van der Waals surface area (Å²) in [6.07, 6.45) is 0. The zero-order valence-corrected chi connectivity index (χ0v) is 17.5. The molecular weight excluding hydrogens is 446 g/mol. The summed E-state index contributed by atoms with van der Waals surface area (Å²) in [4.78, 5) is 28.0. The number of aryl methyl sites for hydroxylation is 2. The highest BCUT2D eigenvalue weighted by Crippen LogP contribution is 2.31. The van der Waals surface area contributed by atoms with Gasteiger partial charge in [0.15, 0.2) is 11.7 Å². The van der Waals surface area contributed by atoms with Crippen molar-refractivity contribution in [2.75, 3.05) is 11.9 Å². The van der Waals surface area contributed by atoms with E-state index in [9.17, 15) is 14.9 Å². The van der Waals surface area contributed by atoms with E-state index in [1.54, 1.807) is 6.92 Å². The van der Waals surface area contributed by atoms with E-state index in [2.05, 4.69) is 26.2 Å². The molecule has 1 aromatic heterocycles. The van der Waals surface area contributed by atoms with Gasteiger partial charge in [0, 0.05) is 26.5 Å². The van der Waals surface area contributed by atoms with Crippen molar-refractivity contribution >= 4 is 44.0 Å². The van der Waals surface area contributed by atoms with E-state index in [0.717, 1.165) is 20.6 Å². The first kappa shape index (κ1) is 20.0. The Balaban J connectivity index is 1.62. The Hall–Kier alpha value is -2.78. The summed E-state index contributed by atoms with van der Waals surface area (Å²) in [5.74, 6) is 0.0382. The van der Waals surface area contributed by atoms with Crippen LogP contribution in [0.3, 0.4) is 0 Å². The smallest absolute Gasteiger partial charge is 0.272 e. The van der Waals surface area contributed by atoms with Crippen molar-refractivity contribution in [2.24, 2.45) is 0 Å². The number of amides is 1. The van der Waals surface area contributed by atoms with Crippen molar-refractivity contribution in [1.82, 2.24) is 4.98 Å². The van der Waals surface area contributed by atoms with Gasteiger partial charge in [0.2, 0.25) is 0 Å². The third kappa shape index (κ3) is 4.73. The van der Waals surface area contributed by atoms with E-state index in [1.165, 1.54) is 29.5 Å². The van der Waals surface area contributed by atoms with Gasteiger partial charge in [0.05, 0.1) is 10.6 Å². The fourth-order valence-electron chi connectivity index (χ4n) is 2.55. The van der Waals surface area contributed by atoms with E-state index < -0.39 is 4.92 Å². The first-order valence-corrected chi connectivity index (χ1v) is 9.85. The van der Waals surface area contributed by atoms with Crippen LogP contribution >= 0.6 is 27.3 Å². The molecule has 0 aliphatic heterocycles. The number of thiazole rings is 1. The van der Waals surface area contributed by atoms with Gasteiger partial charge in [-0.2, -0.15) is 0 Å². The number of ether oxygens (including phenoxy) is 1. The van der Waals surface area contributed by atoms with E-state index >= 15 is 0 Å². The Bertz CT molecular complexity index is 1030. The standard InChI is InChI=1S/C19H16BrN3O4S/c1-11-9-15(7-8-16(11)23(25)26)27-10-17(24)21-19-22-18(12(2)28-19)13-3-5-14(20)6-4-13/h3-9H,10H2,1-2H3,(H,21,22,24). The molecule has 7 nitrogen and oxygen atoms in total. The highest BCUT2D eigenvalue weighted by Gasteiger charge is 2.14. The first-order chi connectivity index (χ1) is 13.3. The monoisotopic (exact) mass is 461 g/mol. The van der Waals surface area contributed by atoms with E-state index in [-0.39, 0.29) is 18.2 Å². The molecule has 0 atom stereocenters. The van der Waals surface area contributed by atoms with Crippen LogP contribution in [0.5, 0.6) is 5.75 Å². The second-order valence-electron chi connectivity index (χ2n) is 5.97. The fourth-order valence-corrected chi connectivity index (χ4v) is 3.67. The van der Waals surface area contributed by atoms with Crippen molar-refractivity contribution in [3.63, 3.8) is 0 Å². The lowest BCUT2D eigenvalue weighted by Gasteiger charge is -2.06. The molecule has 28 heavy (non-hydrogen) atoms. The minimum absolute atomic E-state index is 0.00975. The maximum atomic E-state index is 12.2. The molecule has 0 aliphatic rings. The molecule has 1 N–H and O–H groups in total. The molecule has 1 amide bonds. The number of halogens is 1. The Morgan fingerprint density at radius 1 is 1.25 bits per heavy atom. The minimum atomic E-state index is -0.459. The first-order valence-electron chi connectivity index (χ1n) is 8.24. The lowest BCUT2D eigenvalue weighted by atomic mass is 10.1. The van der Waals surface area contributed by atoms with Crippen LogP contribution in [0.4, 0.5) is 10.8 Å². The number of nitrogens with one attached hydrogen (secondary N) is 1. The van der Waals surface area contributed by atoms with Crippen LogP contribution in [0.2, 0.25) is 0 Å². The molecular formula is C19H16BrN3O4S. The largest absolute Gasteiger partial charge is 0.484 e. The predicted molar refractivity (Wildman–Crippen MR) is 112 cm³/mol. The van der Waals surface area contributed by atoms with E-state index in [4.69, 9.17) is 4.74 Å². The zero-order chi connectivity index (χ0) is 20.3. The number of aromatic nitrogens is 1. The molecule has 0 aliphatic carbocycles. The molecule has 0 saturated heterocycles. The van der Waals surface area contributed by atoms with Crippen LogP contribution in [0, 0.1) is 24.0 Å². The number of nitro benzene ring substituents is 1. The topological polar surface area (TPSA) is 94.4 Å². The normalized spacial score (nSPS) is 10.5. The van der Waals surface area contributed by atoms with Gasteiger partial charge in [-0.05, 0) is 38.1 Å². The molecule has 9 heteroatoms. The number of hydrogen-bond donors (Lipinski definition) is 1. The summed E-state index contributed by atoms with van der Waals surface area (Å²) in [6, 6.07) is 12.1. The predicted octanol–water partition coefficient (Wildman–Crippen LogP) is 5.12. The number of nitro groups is 1. The fraction of sp³-hybridized carbons (Fsp3) is 0.158. The van der Waals surface area contributed by atoms with E-state index in [1.807, 2.05) is 31.2 Å². The minimum Gasteiger partial charge on any atom is -0.484 e. The lowest BCUT2D eigenvalue weighted by Crippen LogP contribution is -2.20. The van der Waals surface area contributed by atoms with Gasteiger partial charge in [-0.1, -0.05) is 28.1 Å². The highest BCUT2D eigenvalue weighted by molar-refractivity contribution is 9.10. The maximum absolute atomic E-state index is 12.2. The Labute approximate surface area is 173 Å². The van der Waals surface area contributed by atoms with Crippen LogP contribution in [0.15, 0.2) is 46.9 Å². The number of hydrogen-bond acceptors (Lipinski definition) is 6. The Morgan fingerprint density at radius 3 is 2.61 bits per heavy atom. The zero-order valence-electron chi connectivity index (χ0n) is 15.1. The lowest BCUT2D eigenvalue weighted by molar-refractivity contribution is -0.385. The van der Waals surface area contributed by atoms with Crippen molar-refractivity contribution in [1.29, 1.82) is 0 Å². The molecule has 0 bridgehead atoms. The average molecular weight is 462 g/mol. The molecule has 0 spiro atoms. The Kier molecular flexibility index (Phi) is 6.05. The number of benzene rings is 2. The van der Waals surface area contributed by atoms with E-state index in [0.29, 0.717) is 16.4 Å². The average Bonchev–Trinajstić information content (AvgIpc) is 3.00. The molecule has 144 valence electrons. The summed E-state index contributed by atoms with van der Waals surface area (Å²) < 4.78 is 6.41. The van der Waals surface area contributed by atoms with Crippen LogP contribution in [-0.2, 0) is 4.79 Å². The van der Waals surface area contributed by atoms with Gasteiger partial charge in [0.1, 0.15) is 5.75 Å². The third-order valence-electron chi connectivity index (χ3n) is 3.90. The van der Waals surface area contributed by atoms with Gasteiger partial charge in [0.25, 0.3) is 11.6 Å². The highest BCUT2D eigenvalue weighted by atomic mass is 79.9. The van der Waals surface area contributed by atoms with Crippen molar-refractivity contribution in [3.05, 3.63) is 67.5 Å². The Morgan fingerprint density at radius 2 is 1.96 bits per heavy atom. The summed E-state index contributed by atoms with van der Waals surface area (Å²) in [5.41, 5.74) is 2.27. The summed E-state index contributed by atoms with van der Waals surface area (Å²) >= 11 is 4.79. The quantitative estimate of drug-likeness (QED) is 0.406. The van der Waals surface area contributed by atoms with Crippen molar-refractivity contribution < 1.29 is 14.5 Å². The molecule has 3 aromatic rings. The van der Waals surface area contributed by atoms with Crippen molar-refractivity contribution in [2.45, 2.75) is 13.8 Å². The molecule has 0 saturated carbocycles. The molecule has 2 aromatic carbocycles. The number of carbonyl (C=O) groups excluding carboxylic acids is 1. The number of carbonyl (C=O) groups is 1. The molecule has 1 heterocycles. The van der Waals surface area contributed by atoms with Crippen LogP contribution in [0.25, 0.3) is 11.3 Å². The third-order valence-corrected chi connectivity index (χ3v) is 5.31. The second kappa shape index (κ2) is 8.49. The number of anilines is 1. The molecule has 3 rings (SSSR count). The SMILES string of the molecule is Cc1cc(OCC(=O)Nc2nc(-c3ccc(Br)cc3)c(C)s2)ccc1[N+](=O)[O-]. The maximum Gasteiger partial charge on any atom is 0.272 e. The van der Waals surface area contributed by atoms with Gasteiger partial charge >= 0.3 is 0 Å². The number of rotatable bonds is 6. The molecule has 0 radical (unpaired) electrons. The molecule has 0 unspecified atom stereocenters. The summed E-state index contributed by atoms with van der Waals surface area (Å²) in [7, 11) is 0. The van der Waals surface area contributed by atoms with Crippen molar-refractivity contribution in [3.8, 4) is 17.0 Å². The van der Waals surface area contributed by atoms with Gasteiger partial charge < -0.3 is 4.74 Å². The van der Waals surface area contributed by atoms with Crippen LogP contribution < -0.4 is 10.1 Å². The molecule has 0 fully saturated rings. The summed E-state index contributed by atoms with van der Waals surface area (Å²) in [5, 5.41) is 14.1. The van der Waals surface area contributed by atoms with Gasteiger partial charge in [-0.3, -0.25) is 20.2 Å². The number of nitrogens with zero attached hydrogens (tertiary/aromatic N) is 2. The summed E-state index contributed by atoms with van der Waals surface area (Å²) in [6.45, 7) is 3.34. The van der Waals surface area contributed by atoms with Crippen LogP contribution in [-0.4, -0.2) is 22.4 Å². The van der Waals surface area contributed by atoms with Gasteiger partial charge in [-0.25, -0.2) is 4.98 Å². The van der Waals surface area contributed by atoms with Crippen LogP contribution in [0.1, 0.15) is 10.4 Å². The van der Waals surface area contributed by atoms with Gasteiger partial charge in [-0.15, -0.1) is 11.3 Å².